The Labute approximate surface area is 157 Å². The van der Waals surface area contributed by atoms with Gasteiger partial charge in [-0.3, -0.25) is 4.79 Å². The highest BCUT2D eigenvalue weighted by Crippen LogP contribution is 2.14. The van der Waals surface area contributed by atoms with Gasteiger partial charge in [0.15, 0.2) is 12.4 Å². The molecule has 0 heterocycles. The van der Waals surface area contributed by atoms with Gasteiger partial charge in [-0.05, 0) is 56.3 Å². The highest BCUT2D eigenvalue weighted by molar-refractivity contribution is 7.89. The lowest BCUT2D eigenvalue weighted by Crippen LogP contribution is -2.30. The van der Waals surface area contributed by atoms with Crippen molar-refractivity contribution >= 4 is 33.4 Å². The van der Waals surface area contributed by atoms with E-state index in [9.17, 15) is 18.0 Å². The lowest BCUT2D eigenvalue weighted by atomic mass is 10.1. The molecule has 2 aromatic rings. The Balaban J connectivity index is 2.07. The summed E-state index contributed by atoms with van der Waals surface area (Å²) in [4.78, 5) is 24.1. The van der Waals surface area contributed by atoms with Crippen LogP contribution in [-0.2, 0) is 14.8 Å². The standard InChI is InChI=1S/C18H18ClNO5S/c1-12(2)20-26(23,24)16-5-3-4-14(10-16)18(22)25-11-17(21)13-6-8-15(19)9-7-13/h3-10,12,20H,11H2,1-2H3. The smallest absolute Gasteiger partial charge is 0.338 e. The van der Waals surface area contributed by atoms with Gasteiger partial charge in [0.25, 0.3) is 0 Å². The number of sulfonamides is 1. The average Bonchev–Trinajstić information content (AvgIpc) is 2.59. The van der Waals surface area contributed by atoms with E-state index < -0.39 is 22.6 Å². The van der Waals surface area contributed by atoms with Crippen LogP contribution in [0, 0.1) is 0 Å². The van der Waals surface area contributed by atoms with Crippen LogP contribution >= 0.6 is 11.6 Å². The molecule has 0 aliphatic rings. The van der Waals surface area contributed by atoms with Crippen molar-refractivity contribution < 1.29 is 22.7 Å². The van der Waals surface area contributed by atoms with Crippen LogP contribution in [-0.4, -0.2) is 32.8 Å². The molecule has 0 aliphatic heterocycles. The molecule has 2 aromatic carbocycles. The minimum Gasteiger partial charge on any atom is -0.454 e. The zero-order chi connectivity index (χ0) is 19.3. The summed E-state index contributed by atoms with van der Waals surface area (Å²) in [5, 5.41) is 0.492. The summed E-state index contributed by atoms with van der Waals surface area (Å²) < 4.78 is 31.8. The maximum atomic E-state index is 12.2. The molecular formula is C18H18ClNO5S. The number of ketones is 1. The molecule has 0 saturated heterocycles. The number of nitrogens with one attached hydrogen (secondary N) is 1. The predicted molar refractivity (Wildman–Crippen MR) is 98.0 cm³/mol. The maximum absolute atomic E-state index is 12.2. The fraction of sp³-hybridized carbons (Fsp3) is 0.222. The Hall–Kier alpha value is -2.22. The molecule has 0 spiro atoms. The highest BCUT2D eigenvalue weighted by Gasteiger charge is 2.18. The quantitative estimate of drug-likeness (QED) is 0.574. The van der Waals surface area contributed by atoms with E-state index in [0.29, 0.717) is 10.6 Å². The van der Waals surface area contributed by atoms with Crippen LogP contribution in [0.5, 0.6) is 0 Å². The molecule has 0 aliphatic carbocycles. The normalized spacial score (nSPS) is 11.4. The molecule has 0 radical (unpaired) electrons. The summed E-state index contributed by atoms with van der Waals surface area (Å²) in [6, 6.07) is 11.3. The van der Waals surface area contributed by atoms with Gasteiger partial charge in [0.05, 0.1) is 10.5 Å². The second-order valence-corrected chi connectivity index (χ2v) is 7.96. The molecule has 0 fully saturated rings. The summed E-state index contributed by atoms with van der Waals surface area (Å²) in [6.45, 7) is 2.93. The Kier molecular flexibility index (Phi) is 6.52. The molecule has 2 rings (SSSR count). The number of esters is 1. The van der Waals surface area contributed by atoms with E-state index in [-0.39, 0.29) is 22.3 Å². The van der Waals surface area contributed by atoms with Crippen LogP contribution in [0.1, 0.15) is 34.6 Å². The number of benzene rings is 2. The van der Waals surface area contributed by atoms with Crippen molar-refractivity contribution in [2.24, 2.45) is 0 Å². The second-order valence-electron chi connectivity index (χ2n) is 5.81. The third-order valence-corrected chi connectivity index (χ3v) is 5.18. The summed E-state index contributed by atoms with van der Waals surface area (Å²) in [5.41, 5.74) is 0.403. The fourth-order valence-electron chi connectivity index (χ4n) is 2.10. The number of hydrogen-bond donors (Lipinski definition) is 1. The van der Waals surface area contributed by atoms with E-state index in [0.717, 1.165) is 0 Å². The number of carbonyl (C=O) groups excluding carboxylic acids is 2. The van der Waals surface area contributed by atoms with Gasteiger partial charge >= 0.3 is 5.97 Å². The molecule has 138 valence electrons. The first-order chi connectivity index (χ1) is 12.2. The number of ether oxygens (including phenoxy) is 1. The predicted octanol–water partition coefficient (Wildman–Crippen LogP) is 3.07. The Morgan fingerprint density at radius 3 is 2.35 bits per heavy atom. The molecular weight excluding hydrogens is 378 g/mol. The molecule has 0 aromatic heterocycles. The van der Waals surface area contributed by atoms with Crippen molar-refractivity contribution in [1.82, 2.24) is 4.72 Å². The Morgan fingerprint density at radius 1 is 1.08 bits per heavy atom. The van der Waals surface area contributed by atoms with Crippen LogP contribution in [0.3, 0.4) is 0 Å². The van der Waals surface area contributed by atoms with Gasteiger partial charge in [-0.25, -0.2) is 17.9 Å². The van der Waals surface area contributed by atoms with E-state index in [1.807, 2.05) is 0 Å². The van der Waals surface area contributed by atoms with E-state index in [2.05, 4.69) is 4.72 Å². The maximum Gasteiger partial charge on any atom is 0.338 e. The molecule has 26 heavy (non-hydrogen) atoms. The van der Waals surface area contributed by atoms with Crippen LogP contribution in [0.15, 0.2) is 53.4 Å². The molecule has 0 amide bonds. The van der Waals surface area contributed by atoms with Crippen molar-refractivity contribution in [2.75, 3.05) is 6.61 Å². The van der Waals surface area contributed by atoms with E-state index in [4.69, 9.17) is 16.3 Å². The van der Waals surface area contributed by atoms with Gasteiger partial charge in [0, 0.05) is 16.6 Å². The van der Waals surface area contributed by atoms with Crippen LogP contribution in [0.4, 0.5) is 0 Å². The van der Waals surface area contributed by atoms with Crippen LogP contribution < -0.4 is 4.72 Å². The number of halogens is 1. The lowest BCUT2D eigenvalue weighted by Gasteiger charge is -2.10. The van der Waals surface area contributed by atoms with Gasteiger partial charge in [-0.15, -0.1) is 0 Å². The molecule has 0 bridgehead atoms. The van der Waals surface area contributed by atoms with Gasteiger partial charge < -0.3 is 4.74 Å². The summed E-state index contributed by atoms with van der Waals surface area (Å²) in [7, 11) is -3.73. The molecule has 0 unspecified atom stereocenters. The minimum atomic E-state index is -3.73. The first-order valence-electron chi connectivity index (χ1n) is 7.77. The third-order valence-electron chi connectivity index (χ3n) is 3.27. The Morgan fingerprint density at radius 2 is 1.73 bits per heavy atom. The van der Waals surface area contributed by atoms with Crippen molar-refractivity contribution in [3.63, 3.8) is 0 Å². The summed E-state index contributed by atoms with van der Waals surface area (Å²) in [6.07, 6.45) is 0. The molecule has 1 N–H and O–H groups in total. The van der Waals surface area contributed by atoms with Crippen LogP contribution in [0.25, 0.3) is 0 Å². The van der Waals surface area contributed by atoms with E-state index >= 15 is 0 Å². The van der Waals surface area contributed by atoms with Crippen LogP contribution in [0.2, 0.25) is 5.02 Å². The van der Waals surface area contributed by atoms with Gasteiger partial charge in [-0.2, -0.15) is 0 Å². The summed E-state index contributed by atoms with van der Waals surface area (Å²) >= 11 is 5.76. The van der Waals surface area contributed by atoms with Gasteiger partial charge in [0.2, 0.25) is 10.0 Å². The topological polar surface area (TPSA) is 89.5 Å². The largest absolute Gasteiger partial charge is 0.454 e. The third kappa shape index (κ3) is 5.39. The Bertz CT molecular complexity index is 907. The molecule has 8 heteroatoms. The zero-order valence-electron chi connectivity index (χ0n) is 14.2. The summed E-state index contributed by atoms with van der Waals surface area (Å²) in [5.74, 6) is -1.17. The fourth-order valence-corrected chi connectivity index (χ4v) is 3.52. The van der Waals surface area contributed by atoms with Crippen molar-refractivity contribution in [2.45, 2.75) is 24.8 Å². The SMILES string of the molecule is CC(C)NS(=O)(=O)c1cccc(C(=O)OCC(=O)c2ccc(Cl)cc2)c1. The number of rotatable bonds is 7. The monoisotopic (exact) mass is 395 g/mol. The van der Waals surface area contributed by atoms with Crippen molar-refractivity contribution in [1.29, 1.82) is 0 Å². The van der Waals surface area contributed by atoms with Gasteiger partial charge in [0.1, 0.15) is 0 Å². The first kappa shape index (κ1) is 20.1. The van der Waals surface area contributed by atoms with Crippen molar-refractivity contribution in [3.05, 3.63) is 64.7 Å². The van der Waals surface area contributed by atoms with Crippen molar-refractivity contribution in [3.8, 4) is 0 Å². The lowest BCUT2D eigenvalue weighted by molar-refractivity contribution is 0.0474. The first-order valence-corrected chi connectivity index (χ1v) is 9.63. The molecule has 6 nitrogen and oxygen atoms in total. The number of Topliss-reactive ketones (excluding diaryl/α,β-unsaturated/α-hetero) is 1. The second kappa shape index (κ2) is 8.44. The molecule has 0 saturated carbocycles. The average molecular weight is 396 g/mol. The van der Waals surface area contributed by atoms with E-state index in [1.165, 1.54) is 36.4 Å². The zero-order valence-corrected chi connectivity index (χ0v) is 15.8. The number of hydrogen-bond acceptors (Lipinski definition) is 5. The van der Waals surface area contributed by atoms with E-state index in [1.54, 1.807) is 26.0 Å². The molecule has 0 atom stereocenters. The minimum absolute atomic E-state index is 0.0422. The van der Waals surface area contributed by atoms with Gasteiger partial charge in [-0.1, -0.05) is 17.7 Å². The number of carbonyl (C=O) groups is 2. The highest BCUT2D eigenvalue weighted by atomic mass is 35.5.